The predicted octanol–water partition coefficient (Wildman–Crippen LogP) is 0.770. The third-order valence-corrected chi connectivity index (χ3v) is 3.92. The van der Waals surface area contributed by atoms with E-state index in [0.29, 0.717) is 18.0 Å². The van der Waals surface area contributed by atoms with E-state index >= 15 is 0 Å². The molecule has 1 saturated heterocycles. The molecule has 118 valence electrons. The molecule has 0 amide bonds. The smallest absolute Gasteiger partial charge is 0.183 e. The minimum atomic E-state index is -0.384. The van der Waals surface area contributed by atoms with Crippen molar-refractivity contribution in [2.24, 2.45) is 0 Å². The number of anilines is 2. The van der Waals surface area contributed by atoms with E-state index in [2.05, 4.69) is 30.2 Å². The summed E-state index contributed by atoms with van der Waals surface area (Å²) in [6, 6.07) is 3.83. The summed E-state index contributed by atoms with van der Waals surface area (Å²) in [5.41, 5.74) is 0.716. The average Bonchev–Trinajstić information content (AvgIpc) is 2.91. The second-order valence-corrected chi connectivity index (χ2v) is 5.35. The molecule has 0 N–H and O–H groups in total. The van der Waals surface area contributed by atoms with Crippen LogP contribution in [0.2, 0.25) is 0 Å². The Hall–Kier alpha value is -2.84. The number of fused-ring (bicyclic) bond motifs is 1. The van der Waals surface area contributed by atoms with E-state index in [1.807, 2.05) is 17.0 Å². The summed E-state index contributed by atoms with van der Waals surface area (Å²) in [5, 5.41) is 12.3. The zero-order chi connectivity index (χ0) is 15.6. The minimum Gasteiger partial charge on any atom is -0.353 e. The molecule has 0 aliphatic carbocycles. The maximum Gasteiger partial charge on any atom is 0.183 e. The van der Waals surface area contributed by atoms with Crippen molar-refractivity contribution in [1.29, 1.82) is 0 Å². The minimum absolute atomic E-state index is 0.365. The summed E-state index contributed by atoms with van der Waals surface area (Å²) < 4.78 is 15.5. The van der Waals surface area contributed by atoms with Gasteiger partial charge in [0, 0.05) is 26.2 Å². The third kappa shape index (κ3) is 2.65. The lowest BCUT2D eigenvalue weighted by atomic mass is 10.3. The summed E-state index contributed by atoms with van der Waals surface area (Å²) in [5.74, 6) is 0.844. The van der Waals surface area contributed by atoms with Crippen LogP contribution in [0.15, 0.2) is 31.0 Å². The van der Waals surface area contributed by atoms with Crippen molar-refractivity contribution in [1.82, 2.24) is 29.8 Å². The summed E-state index contributed by atoms with van der Waals surface area (Å²) in [7, 11) is 0. The highest BCUT2D eigenvalue weighted by Gasteiger charge is 2.19. The van der Waals surface area contributed by atoms with E-state index in [9.17, 15) is 4.39 Å². The largest absolute Gasteiger partial charge is 0.353 e. The fourth-order valence-electron chi connectivity index (χ4n) is 2.78. The van der Waals surface area contributed by atoms with Crippen molar-refractivity contribution < 1.29 is 4.39 Å². The molecule has 0 spiro atoms. The van der Waals surface area contributed by atoms with Crippen LogP contribution in [0, 0.1) is 5.82 Å². The van der Waals surface area contributed by atoms with Crippen molar-refractivity contribution in [3.63, 3.8) is 0 Å². The van der Waals surface area contributed by atoms with Gasteiger partial charge in [0.25, 0.3) is 0 Å². The van der Waals surface area contributed by atoms with Gasteiger partial charge >= 0.3 is 0 Å². The molecule has 0 unspecified atom stereocenters. The highest BCUT2D eigenvalue weighted by molar-refractivity contribution is 5.46. The van der Waals surface area contributed by atoms with Crippen molar-refractivity contribution in [2.45, 2.75) is 6.42 Å². The van der Waals surface area contributed by atoms with E-state index in [1.165, 1.54) is 12.5 Å². The number of halogens is 1. The SMILES string of the molecule is Fc1cncnc1N1CCCN(c2ccc3nncn3n2)CC1. The Labute approximate surface area is 131 Å². The number of rotatable bonds is 2. The van der Waals surface area contributed by atoms with Crippen LogP contribution in [0.5, 0.6) is 0 Å². The van der Waals surface area contributed by atoms with Crippen LogP contribution in [-0.2, 0) is 0 Å². The molecule has 1 aliphatic heterocycles. The van der Waals surface area contributed by atoms with Gasteiger partial charge in [-0.3, -0.25) is 0 Å². The number of hydrogen-bond acceptors (Lipinski definition) is 7. The zero-order valence-corrected chi connectivity index (χ0v) is 12.4. The lowest BCUT2D eigenvalue weighted by Crippen LogP contribution is -2.32. The van der Waals surface area contributed by atoms with Gasteiger partial charge in [-0.1, -0.05) is 0 Å². The molecular weight excluding hydrogens is 299 g/mol. The first kappa shape index (κ1) is 13.8. The number of aromatic nitrogens is 6. The van der Waals surface area contributed by atoms with Gasteiger partial charge in [-0.15, -0.1) is 15.3 Å². The van der Waals surface area contributed by atoms with E-state index in [0.717, 1.165) is 31.9 Å². The standard InChI is InChI=1S/C14H15FN8/c15-11-8-16-9-17-14(11)22-5-1-4-21(6-7-22)13-3-2-12-19-18-10-23(12)20-13/h2-3,8-10H,1,4-7H2. The molecule has 0 saturated carbocycles. The highest BCUT2D eigenvalue weighted by atomic mass is 19.1. The fraction of sp³-hybridized carbons (Fsp3) is 0.357. The molecular formula is C14H15FN8. The molecule has 8 nitrogen and oxygen atoms in total. The van der Waals surface area contributed by atoms with Gasteiger partial charge in [0.1, 0.15) is 18.5 Å². The van der Waals surface area contributed by atoms with Gasteiger partial charge in [-0.2, -0.15) is 4.52 Å². The first-order valence-electron chi connectivity index (χ1n) is 7.44. The molecule has 0 bridgehead atoms. The van der Waals surface area contributed by atoms with Crippen molar-refractivity contribution in [3.8, 4) is 0 Å². The van der Waals surface area contributed by atoms with Crippen LogP contribution < -0.4 is 9.80 Å². The molecule has 3 aromatic heterocycles. The van der Waals surface area contributed by atoms with Crippen LogP contribution in [0.4, 0.5) is 16.0 Å². The Bertz CT molecular complexity index is 819. The molecule has 4 heterocycles. The van der Waals surface area contributed by atoms with E-state index < -0.39 is 0 Å². The Kier molecular flexibility index (Phi) is 3.45. The molecule has 1 fully saturated rings. The maximum absolute atomic E-state index is 13.9. The second kappa shape index (κ2) is 5.75. The molecule has 23 heavy (non-hydrogen) atoms. The van der Waals surface area contributed by atoms with Gasteiger partial charge in [0.2, 0.25) is 0 Å². The quantitative estimate of drug-likeness (QED) is 0.691. The Morgan fingerprint density at radius 3 is 2.83 bits per heavy atom. The Morgan fingerprint density at radius 2 is 1.91 bits per heavy atom. The van der Waals surface area contributed by atoms with Crippen LogP contribution >= 0.6 is 0 Å². The Morgan fingerprint density at radius 1 is 1.04 bits per heavy atom. The van der Waals surface area contributed by atoms with E-state index in [-0.39, 0.29) is 5.82 Å². The molecule has 9 heteroatoms. The van der Waals surface area contributed by atoms with Crippen LogP contribution in [-0.4, -0.2) is 56.0 Å². The summed E-state index contributed by atoms with van der Waals surface area (Å²) >= 11 is 0. The predicted molar refractivity (Wildman–Crippen MR) is 81.8 cm³/mol. The van der Waals surface area contributed by atoms with Gasteiger partial charge in [-0.25, -0.2) is 14.4 Å². The average molecular weight is 314 g/mol. The van der Waals surface area contributed by atoms with Crippen molar-refractivity contribution >= 4 is 17.3 Å². The third-order valence-electron chi connectivity index (χ3n) is 3.92. The molecule has 0 radical (unpaired) electrons. The second-order valence-electron chi connectivity index (χ2n) is 5.35. The van der Waals surface area contributed by atoms with Crippen LogP contribution in [0.3, 0.4) is 0 Å². The van der Waals surface area contributed by atoms with Crippen molar-refractivity contribution in [3.05, 3.63) is 36.8 Å². The summed E-state index contributed by atoms with van der Waals surface area (Å²) in [6.45, 7) is 3.02. The van der Waals surface area contributed by atoms with Crippen LogP contribution in [0.25, 0.3) is 5.65 Å². The lowest BCUT2D eigenvalue weighted by Gasteiger charge is -2.23. The van der Waals surface area contributed by atoms with Gasteiger partial charge < -0.3 is 9.80 Å². The summed E-state index contributed by atoms with van der Waals surface area (Å²) in [6.07, 6.45) is 5.06. The van der Waals surface area contributed by atoms with Crippen LogP contribution in [0.1, 0.15) is 6.42 Å². The molecule has 0 aromatic carbocycles. The van der Waals surface area contributed by atoms with Crippen molar-refractivity contribution in [2.75, 3.05) is 36.0 Å². The number of hydrogen-bond donors (Lipinski definition) is 0. The van der Waals surface area contributed by atoms with Gasteiger partial charge in [0.15, 0.2) is 17.3 Å². The highest BCUT2D eigenvalue weighted by Crippen LogP contribution is 2.19. The summed E-state index contributed by atoms with van der Waals surface area (Å²) in [4.78, 5) is 11.9. The van der Waals surface area contributed by atoms with Gasteiger partial charge in [-0.05, 0) is 18.6 Å². The molecule has 4 rings (SSSR count). The topological polar surface area (TPSA) is 75.3 Å². The maximum atomic E-state index is 13.9. The van der Waals surface area contributed by atoms with E-state index in [4.69, 9.17) is 0 Å². The molecule has 1 aliphatic rings. The first-order chi connectivity index (χ1) is 11.3. The normalized spacial score (nSPS) is 15.9. The molecule has 3 aromatic rings. The number of nitrogens with zero attached hydrogens (tertiary/aromatic N) is 8. The van der Waals surface area contributed by atoms with E-state index in [1.54, 1.807) is 10.8 Å². The monoisotopic (exact) mass is 314 g/mol. The van der Waals surface area contributed by atoms with Gasteiger partial charge in [0.05, 0.1) is 6.20 Å². The fourth-order valence-corrected chi connectivity index (χ4v) is 2.78. The molecule has 0 atom stereocenters. The zero-order valence-electron chi connectivity index (χ0n) is 12.4. The Balaban J connectivity index is 1.53. The first-order valence-corrected chi connectivity index (χ1v) is 7.44. The lowest BCUT2D eigenvalue weighted by molar-refractivity contribution is 0.602.